The Balaban J connectivity index is 2.59. The van der Waals surface area contributed by atoms with Crippen LogP contribution in [-0.2, 0) is 6.18 Å². The number of carboxylic acids is 1. The zero-order chi connectivity index (χ0) is 17.2. The SMILES string of the molecule is CNc1cc(C(=O)O)cc(C(F)(F)F)c1Oc1ccc(F)cc1. The molecule has 0 bridgehead atoms. The van der Waals surface area contributed by atoms with E-state index in [0.29, 0.717) is 6.07 Å². The molecule has 0 amide bonds. The van der Waals surface area contributed by atoms with Gasteiger partial charge in [-0.05, 0) is 36.4 Å². The third kappa shape index (κ3) is 3.71. The van der Waals surface area contributed by atoms with Gasteiger partial charge in [0.25, 0.3) is 0 Å². The lowest BCUT2D eigenvalue weighted by Gasteiger charge is -2.18. The number of benzene rings is 2. The highest BCUT2D eigenvalue weighted by atomic mass is 19.4. The molecule has 8 heteroatoms. The molecular weight excluding hydrogens is 318 g/mol. The standard InChI is InChI=1S/C15H11F4NO3/c1-20-12-7-8(14(21)22)6-11(15(17,18)19)13(12)23-10-4-2-9(16)3-5-10/h2-7,20H,1H3,(H,21,22). The molecule has 2 aromatic rings. The van der Waals surface area contributed by atoms with Crippen LogP contribution in [0.4, 0.5) is 23.2 Å². The summed E-state index contributed by atoms with van der Waals surface area (Å²) in [5.74, 6) is -2.67. The van der Waals surface area contributed by atoms with Crippen LogP contribution >= 0.6 is 0 Å². The van der Waals surface area contributed by atoms with Crippen molar-refractivity contribution in [3.05, 3.63) is 53.3 Å². The number of nitrogens with one attached hydrogen (secondary N) is 1. The quantitative estimate of drug-likeness (QED) is 0.818. The van der Waals surface area contributed by atoms with Crippen LogP contribution in [0.2, 0.25) is 0 Å². The summed E-state index contributed by atoms with van der Waals surface area (Å²) in [6.07, 6.45) is -4.83. The predicted octanol–water partition coefficient (Wildman–Crippen LogP) is 4.38. The van der Waals surface area contributed by atoms with Gasteiger partial charge >= 0.3 is 12.1 Å². The first kappa shape index (κ1) is 16.6. The maximum absolute atomic E-state index is 13.2. The fourth-order valence-electron chi connectivity index (χ4n) is 1.88. The number of anilines is 1. The lowest BCUT2D eigenvalue weighted by molar-refractivity contribution is -0.138. The van der Waals surface area contributed by atoms with E-state index in [1.807, 2.05) is 0 Å². The van der Waals surface area contributed by atoms with Crippen LogP contribution < -0.4 is 10.1 Å². The van der Waals surface area contributed by atoms with E-state index in [9.17, 15) is 22.4 Å². The molecule has 2 rings (SSSR count). The van der Waals surface area contributed by atoms with Crippen LogP contribution in [0.3, 0.4) is 0 Å². The molecule has 0 unspecified atom stereocenters. The maximum atomic E-state index is 13.2. The molecule has 0 aliphatic rings. The van der Waals surface area contributed by atoms with Crippen LogP contribution in [0, 0.1) is 5.82 Å². The lowest BCUT2D eigenvalue weighted by atomic mass is 10.1. The van der Waals surface area contributed by atoms with E-state index in [1.54, 1.807) is 0 Å². The average Bonchev–Trinajstić information content (AvgIpc) is 2.48. The molecule has 0 atom stereocenters. The molecule has 0 saturated heterocycles. The average molecular weight is 329 g/mol. The molecular formula is C15H11F4NO3. The van der Waals surface area contributed by atoms with E-state index in [0.717, 1.165) is 18.2 Å². The van der Waals surface area contributed by atoms with Crippen molar-refractivity contribution in [2.75, 3.05) is 12.4 Å². The van der Waals surface area contributed by atoms with E-state index in [-0.39, 0.29) is 11.4 Å². The summed E-state index contributed by atoms with van der Waals surface area (Å²) in [5.41, 5.74) is -1.93. The van der Waals surface area contributed by atoms with Gasteiger partial charge in [0.15, 0.2) is 5.75 Å². The van der Waals surface area contributed by atoms with Gasteiger partial charge in [-0.3, -0.25) is 0 Å². The van der Waals surface area contributed by atoms with Crippen molar-refractivity contribution < 1.29 is 32.2 Å². The number of hydrogen-bond donors (Lipinski definition) is 2. The molecule has 0 heterocycles. The Morgan fingerprint density at radius 1 is 1.17 bits per heavy atom. The third-order valence-corrected chi connectivity index (χ3v) is 2.94. The van der Waals surface area contributed by atoms with Gasteiger partial charge in [0.1, 0.15) is 17.1 Å². The highest BCUT2D eigenvalue weighted by Crippen LogP contribution is 2.43. The Morgan fingerprint density at radius 3 is 2.26 bits per heavy atom. The lowest BCUT2D eigenvalue weighted by Crippen LogP contribution is -2.11. The van der Waals surface area contributed by atoms with Crippen LogP contribution in [0.15, 0.2) is 36.4 Å². The van der Waals surface area contributed by atoms with E-state index < -0.39 is 34.8 Å². The first-order valence-corrected chi connectivity index (χ1v) is 6.32. The number of carboxylic acid groups (broad SMARTS) is 1. The smallest absolute Gasteiger partial charge is 0.420 e. The molecule has 4 nitrogen and oxygen atoms in total. The van der Waals surface area contributed by atoms with E-state index >= 15 is 0 Å². The van der Waals surface area contributed by atoms with E-state index in [2.05, 4.69) is 5.32 Å². The van der Waals surface area contributed by atoms with Gasteiger partial charge in [0.05, 0.1) is 11.3 Å². The monoisotopic (exact) mass is 329 g/mol. The van der Waals surface area contributed by atoms with Gasteiger partial charge in [0, 0.05) is 7.05 Å². The second kappa shape index (κ2) is 6.15. The van der Waals surface area contributed by atoms with Crippen molar-refractivity contribution in [1.82, 2.24) is 0 Å². The van der Waals surface area contributed by atoms with Gasteiger partial charge in [-0.2, -0.15) is 13.2 Å². The van der Waals surface area contributed by atoms with Crippen molar-refractivity contribution in [3.63, 3.8) is 0 Å². The van der Waals surface area contributed by atoms with Gasteiger partial charge in [-0.25, -0.2) is 9.18 Å². The van der Waals surface area contributed by atoms with Crippen molar-refractivity contribution in [3.8, 4) is 11.5 Å². The summed E-state index contributed by atoms with van der Waals surface area (Å²) >= 11 is 0. The Hall–Kier alpha value is -2.77. The number of carbonyl (C=O) groups is 1. The molecule has 0 aromatic heterocycles. The van der Waals surface area contributed by atoms with Gasteiger partial charge in [0.2, 0.25) is 0 Å². The minimum Gasteiger partial charge on any atom is -0.478 e. The predicted molar refractivity (Wildman–Crippen MR) is 74.4 cm³/mol. The normalized spacial score (nSPS) is 11.2. The van der Waals surface area contributed by atoms with Crippen LogP contribution in [0.5, 0.6) is 11.5 Å². The number of hydrogen-bond acceptors (Lipinski definition) is 3. The van der Waals surface area contributed by atoms with Crippen LogP contribution in [-0.4, -0.2) is 18.1 Å². The van der Waals surface area contributed by atoms with Gasteiger partial charge in [-0.15, -0.1) is 0 Å². The molecule has 0 saturated carbocycles. The fraction of sp³-hybridized carbons (Fsp3) is 0.133. The fourth-order valence-corrected chi connectivity index (χ4v) is 1.88. The summed E-state index contributed by atoms with van der Waals surface area (Å²) in [7, 11) is 1.33. The number of halogens is 4. The van der Waals surface area contributed by atoms with Crippen molar-refractivity contribution >= 4 is 11.7 Å². The Morgan fingerprint density at radius 2 is 1.78 bits per heavy atom. The molecule has 0 spiro atoms. The Labute approximate surface area is 128 Å². The van der Waals surface area contributed by atoms with Crippen molar-refractivity contribution in [2.24, 2.45) is 0 Å². The van der Waals surface area contributed by atoms with Crippen molar-refractivity contribution in [1.29, 1.82) is 0 Å². The molecule has 122 valence electrons. The molecule has 0 fully saturated rings. The first-order chi connectivity index (χ1) is 10.7. The van der Waals surface area contributed by atoms with E-state index in [1.165, 1.54) is 19.2 Å². The minimum atomic E-state index is -4.83. The minimum absolute atomic E-state index is 0.0172. The Bertz CT molecular complexity index is 727. The summed E-state index contributed by atoms with van der Waals surface area (Å²) < 4.78 is 57.7. The van der Waals surface area contributed by atoms with Gasteiger partial charge < -0.3 is 15.2 Å². The highest BCUT2D eigenvalue weighted by Gasteiger charge is 2.37. The van der Waals surface area contributed by atoms with Crippen LogP contribution in [0.1, 0.15) is 15.9 Å². The molecule has 23 heavy (non-hydrogen) atoms. The number of rotatable bonds is 4. The summed E-state index contributed by atoms with van der Waals surface area (Å²) in [6, 6.07) is 5.92. The largest absolute Gasteiger partial charge is 0.478 e. The van der Waals surface area contributed by atoms with Gasteiger partial charge in [-0.1, -0.05) is 0 Å². The molecule has 2 N–H and O–H groups in total. The second-order valence-electron chi connectivity index (χ2n) is 4.51. The first-order valence-electron chi connectivity index (χ1n) is 6.32. The molecule has 0 aliphatic carbocycles. The topological polar surface area (TPSA) is 58.6 Å². The highest BCUT2D eigenvalue weighted by molar-refractivity contribution is 5.90. The van der Waals surface area contributed by atoms with Crippen LogP contribution in [0.25, 0.3) is 0 Å². The molecule has 0 aliphatic heterocycles. The summed E-state index contributed by atoms with van der Waals surface area (Å²) in [4.78, 5) is 11.0. The maximum Gasteiger partial charge on any atom is 0.420 e. The summed E-state index contributed by atoms with van der Waals surface area (Å²) in [6.45, 7) is 0. The Kier molecular flexibility index (Phi) is 4.44. The number of aromatic carboxylic acids is 1. The zero-order valence-corrected chi connectivity index (χ0v) is 11.7. The van der Waals surface area contributed by atoms with Crippen molar-refractivity contribution in [2.45, 2.75) is 6.18 Å². The third-order valence-electron chi connectivity index (χ3n) is 2.94. The molecule has 0 radical (unpaired) electrons. The number of alkyl halides is 3. The van der Waals surface area contributed by atoms with E-state index in [4.69, 9.17) is 9.84 Å². The molecule has 2 aromatic carbocycles. The zero-order valence-electron chi connectivity index (χ0n) is 11.7. The summed E-state index contributed by atoms with van der Waals surface area (Å²) in [5, 5.41) is 11.4. The number of ether oxygens (including phenoxy) is 1. The second-order valence-corrected chi connectivity index (χ2v) is 4.51.